The third kappa shape index (κ3) is 2.87. The predicted octanol–water partition coefficient (Wildman–Crippen LogP) is 3.65. The number of aryl methyl sites for hydroxylation is 1. The molecule has 3 nitrogen and oxygen atoms in total. The standard InChI is InChI=1S/C12H12O3S2/c1-2-8-6-10(11(17-8)12(13)14)15-7-9-4-3-5-16-9/h3-6H,2,7H2,1H3,(H,13,14). The summed E-state index contributed by atoms with van der Waals surface area (Å²) < 4.78 is 5.57. The molecule has 0 aliphatic carbocycles. The van der Waals surface area contributed by atoms with Crippen LogP contribution in [0.1, 0.15) is 26.3 Å². The number of thiophene rings is 2. The SMILES string of the molecule is CCc1cc(OCc2cccs2)c(C(=O)O)s1. The van der Waals surface area contributed by atoms with E-state index in [1.807, 2.05) is 30.5 Å². The van der Waals surface area contributed by atoms with Gasteiger partial charge in [0, 0.05) is 9.75 Å². The van der Waals surface area contributed by atoms with Crippen LogP contribution in [0, 0.1) is 0 Å². The van der Waals surface area contributed by atoms with E-state index >= 15 is 0 Å². The Morgan fingerprint density at radius 1 is 1.47 bits per heavy atom. The molecule has 2 aromatic heterocycles. The van der Waals surface area contributed by atoms with Crippen LogP contribution in [0.3, 0.4) is 0 Å². The van der Waals surface area contributed by atoms with Crippen LogP contribution in [-0.4, -0.2) is 11.1 Å². The van der Waals surface area contributed by atoms with Crippen LogP contribution in [0.15, 0.2) is 23.6 Å². The topological polar surface area (TPSA) is 46.5 Å². The second-order valence-electron chi connectivity index (χ2n) is 3.43. The van der Waals surface area contributed by atoms with Crippen molar-refractivity contribution in [2.75, 3.05) is 0 Å². The van der Waals surface area contributed by atoms with E-state index in [0.29, 0.717) is 17.2 Å². The van der Waals surface area contributed by atoms with Gasteiger partial charge < -0.3 is 9.84 Å². The zero-order chi connectivity index (χ0) is 12.3. The van der Waals surface area contributed by atoms with Crippen molar-refractivity contribution < 1.29 is 14.6 Å². The lowest BCUT2D eigenvalue weighted by molar-refractivity contribution is 0.0697. The van der Waals surface area contributed by atoms with Crippen LogP contribution in [-0.2, 0) is 13.0 Å². The maximum absolute atomic E-state index is 11.0. The summed E-state index contributed by atoms with van der Waals surface area (Å²) in [4.78, 5) is 13.5. The lowest BCUT2D eigenvalue weighted by atomic mass is 10.3. The molecule has 5 heteroatoms. The molecule has 17 heavy (non-hydrogen) atoms. The number of hydrogen-bond acceptors (Lipinski definition) is 4. The number of ether oxygens (including phenoxy) is 1. The molecule has 90 valence electrons. The molecule has 2 aromatic rings. The summed E-state index contributed by atoms with van der Waals surface area (Å²) in [6.07, 6.45) is 0.827. The van der Waals surface area contributed by atoms with Gasteiger partial charge in [-0.05, 0) is 23.9 Å². The molecule has 0 fully saturated rings. The molecule has 0 aliphatic rings. The summed E-state index contributed by atoms with van der Waals surface area (Å²) >= 11 is 2.88. The van der Waals surface area contributed by atoms with Gasteiger partial charge in [-0.2, -0.15) is 0 Å². The Kier molecular flexibility index (Phi) is 3.81. The van der Waals surface area contributed by atoms with Gasteiger partial charge in [-0.25, -0.2) is 4.79 Å². The van der Waals surface area contributed by atoms with Crippen molar-refractivity contribution in [3.63, 3.8) is 0 Å². The highest BCUT2D eigenvalue weighted by molar-refractivity contribution is 7.14. The molecule has 1 N–H and O–H groups in total. The Morgan fingerprint density at radius 2 is 2.29 bits per heavy atom. The monoisotopic (exact) mass is 268 g/mol. The van der Waals surface area contributed by atoms with E-state index in [1.54, 1.807) is 11.3 Å². The minimum absolute atomic E-state index is 0.290. The second kappa shape index (κ2) is 5.33. The zero-order valence-corrected chi connectivity index (χ0v) is 10.9. The molecule has 0 radical (unpaired) electrons. The first kappa shape index (κ1) is 12.1. The average Bonchev–Trinajstić information content (AvgIpc) is 2.95. The minimum atomic E-state index is -0.920. The van der Waals surface area contributed by atoms with Crippen molar-refractivity contribution >= 4 is 28.6 Å². The van der Waals surface area contributed by atoms with Crippen LogP contribution in [0.4, 0.5) is 0 Å². The molecule has 2 rings (SSSR count). The van der Waals surface area contributed by atoms with Crippen molar-refractivity contribution in [2.24, 2.45) is 0 Å². The smallest absolute Gasteiger partial charge is 0.349 e. The van der Waals surface area contributed by atoms with Crippen molar-refractivity contribution in [1.29, 1.82) is 0 Å². The molecular weight excluding hydrogens is 256 g/mol. The van der Waals surface area contributed by atoms with Gasteiger partial charge in [0.05, 0.1) is 0 Å². The third-order valence-electron chi connectivity index (χ3n) is 2.24. The van der Waals surface area contributed by atoms with Crippen molar-refractivity contribution in [1.82, 2.24) is 0 Å². The first-order valence-electron chi connectivity index (χ1n) is 5.22. The van der Waals surface area contributed by atoms with Crippen molar-refractivity contribution in [3.8, 4) is 5.75 Å². The lowest BCUT2D eigenvalue weighted by Gasteiger charge is -2.02. The summed E-state index contributed by atoms with van der Waals surface area (Å²) in [7, 11) is 0. The third-order valence-corrected chi connectivity index (χ3v) is 4.34. The van der Waals surface area contributed by atoms with E-state index in [-0.39, 0.29) is 0 Å². The molecule has 0 bridgehead atoms. The molecule has 0 aromatic carbocycles. The Bertz CT molecular complexity index is 500. The average molecular weight is 268 g/mol. The zero-order valence-electron chi connectivity index (χ0n) is 9.30. The van der Waals surface area contributed by atoms with Gasteiger partial charge in [0.25, 0.3) is 0 Å². The van der Waals surface area contributed by atoms with Gasteiger partial charge in [0.2, 0.25) is 0 Å². The normalized spacial score (nSPS) is 10.4. The number of carboxylic acid groups (broad SMARTS) is 1. The summed E-state index contributed by atoms with van der Waals surface area (Å²) in [5.74, 6) is -0.441. The molecular formula is C12H12O3S2. The first-order valence-corrected chi connectivity index (χ1v) is 6.91. The van der Waals surface area contributed by atoms with Gasteiger partial charge >= 0.3 is 5.97 Å². The van der Waals surface area contributed by atoms with Crippen LogP contribution < -0.4 is 4.74 Å². The van der Waals surface area contributed by atoms with Gasteiger partial charge in [-0.3, -0.25) is 0 Å². The van der Waals surface area contributed by atoms with Crippen molar-refractivity contribution in [2.45, 2.75) is 20.0 Å². The number of carbonyl (C=O) groups is 1. The van der Waals surface area contributed by atoms with E-state index in [9.17, 15) is 4.79 Å². The van der Waals surface area contributed by atoms with Gasteiger partial charge in [0.15, 0.2) is 4.88 Å². The number of hydrogen-bond donors (Lipinski definition) is 1. The molecule has 2 heterocycles. The van der Waals surface area contributed by atoms with E-state index in [2.05, 4.69) is 0 Å². The Morgan fingerprint density at radius 3 is 2.88 bits per heavy atom. The number of carboxylic acids is 1. The van der Waals surface area contributed by atoms with Crippen LogP contribution in [0.5, 0.6) is 5.75 Å². The van der Waals surface area contributed by atoms with E-state index in [1.165, 1.54) is 11.3 Å². The second-order valence-corrected chi connectivity index (χ2v) is 5.60. The fraction of sp³-hybridized carbons (Fsp3) is 0.250. The molecule has 0 amide bonds. The fourth-order valence-electron chi connectivity index (χ4n) is 1.40. The minimum Gasteiger partial charge on any atom is -0.486 e. The van der Waals surface area contributed by atoms with Gasteiger partial charge in [-0.1, -0.05) is 13.0 Å². The summed E-state index contributed by atoms with van der Waals surface area (Å²) in [5.41, 5.74) is 0. The number of aromatic carboxylic acids is 1. The van der Waals surface area contributed by atoms with E-state index in [0.717, 1.165) is 16.2 Å². The van der Waals surface area contributed by atoms with Crippen LogP contribution >= 0.6 is 22.7 Å². The molecule has 0 unspecified atom stereocenters. The highest BCUT2D eigenvalue weighted by Crippen LogP contribution is 2.30. The molecule has 0 atom stereocenters. The highest BCUT2D eigenvalue weighted by atomic mass is 32.1. The predicted molar refractivity (Wildman–Crippen MR) is 69.3 cm³/mol. The van der Waals surface area contributed by atoms with Crippen LogP contribution in [0.2, 0.25) is 0 Å². The lowest BCUT2D eigenvalue weighted by Crippen LogP contribution is -1.98. The Labute approximate surface area is 107 Å². The maximum Gasteiger partial charge on any atom is 0.349 e. The fourth-order valence-corrected chi connectivity index (χ4v) is 2.89. The van der Waals surface area contributed by atoms with Crippen LogP contribution in [0.25, 0.3) is 0 Å². The quantitative estimate of drug-likeness (QED) is 0.900. The first-order chi connectivity index (χ1) is 8.20. The molecule has 0 saturated heterocycles. The van der Waals surface area contributed by atoms with Gasteiger partial charge in [0.1, 0.15) is 12.4 Å². The van der Waals surface area contributed by atoms with E-state index in [4.69, 9.17) is 9.84 Å². The maximum atomic E-state index is 11.0. The van der Waals surface area contributed by atoms with E-state index < -0.39 is 5.97 Å². The molecule has 0 saturated carbocycles. The summed E-state index contributed by atoms with van der Waals surface area (Å²) in [6, 6.07) is 5.74. The molecule has 0 spiro atoms. The Hall–Kier alpha value is -1.33. The summed E-state index contributed by atoms with van der Waals surface area (Å²) in [6.45, 7) is 2.43. The summed E-state index contributed by atoms with van der Waals surface area (Å²) in [5, 5.41) is 11.0. The largest absolute Gasteiger partial charge is 0.486 e. The number of rotatable bonds is 5. The molecule has 0 aliphatic heterocycles. The van der Waals surface area contributed by atoms with Crippen molar-refractivity contribution in [3.05, 3.63) is 38.2 Å². The Balaban J connectivity index is 2.13. The highest BCUT2D eigenvalue weighted by Gasteiger charge is 2.16. The van der Waals surface area contributed by atoms with Gasteiger partial charge in [-0.15, -0.1) is 22.7 Å².